The van der Waals surface area contributed by atoms with Crippen LogP contribution < -0.4 is 0 Å². The van der Waals surface area contributed by atoms with E-state index in [2.05, 4.69) is 57.2 Å². The van der Waals surface area contributed by atoms with Gasteiger partial charge in [0.1, 0.15) is 0 Å². The number of piperidine rings is 1. The molecule has 28 heavy (non-hydrogen) atoms. The lowest BCUT2D eigenvalue weighted by Crippen LogP contribution is -2.50. The minimum absolute atomic E-state index is 0.298. The lowest BCUT2D eigenvalue weighted by Gasteiger charge is -2.44. The van der Waals surface area contributed by atoms with Crippen molar-refractivity contribution in [3.05, 3.63) is 66.0 Å². The maximum Gasteiger partial charge on any atom is 0.0507 e. The van der Waals surface area contributed by atoms with Gasteiger partial charge in [-0.15, -0.1) is 0 Å². The highest BCUT2D eigenvalue weighted by atomic mass is 16.5. The second-order valence-corrected chi connectivity index (χ2v) is 8.99. The molecular weight excluding hydrogens is 346 g/mol. The molecule has 0 N–H and O–H groups in total. The number of fused-ring (bicyclic) bond motifs is 1. The van der Waals surface area contributed by atoms with Gasteiger partial charge in [0.2, 0.25) is 0 Å². The predicted octanol–water partition coefficient (Wildman–Crippen LogP) is 3.19. The van der Waals surface area contributed by atoms with Crippen molar-refractivity contribution in [3.63, 3.8) is 0 Å². The van der Waals surface area contributed by atoms with Crippen molar-refractivity contribution in [1.29, 1.82) is 0 Å². The Balaban J connectivity index is 1.35. The van der Waals surface area contributed by atoms with Gasteiger partial charge in [-0.25, -0.2) is 0 Å². The van der Waals surface area contributed by atoms with Crippen LogP contribution in [0.5, 0.6) is 0 Å². The molecule has 3 atom stereocenters. The third-order valence-electron chi connectivity index (χ3n) is 7.14. The number of hydrogen-bond acceptors (Lipinski definition) is 4. The van der Waals surface area contributed by atoms with Crippen LogP contribution in [0.15, 0.2) is 54.9 Å². The van der Waals surface area contributed by atoms with Crippen LogP contribution in [-0.4, -0.2) is 60.7 Å². The van der Waals surface area contributed by atoms with Crippen molar-refractivity contribution in [3.8, 4) is 0 Å². The smallest absolute Gasteiger partial charge is 0.0507 e. The van der Waals surface area contributed by atoms with Crippen molar-refractivity contribution in [2.75, 3.05) is 45.9 Å². The second kappa shape index (κ2) is 7.94. The highest BCUT2D eigenvalue weighted by molar-refractivity contribution is 5.31. The van der Waals surface area contributed by atoms with Crippen LogP contribution >= 0.6 is 0 Å². The fourth-order valence-corrected chi connectivity index (χ4v) is 5.73. The van der Waals surface area contributed by atoms with Crippen LogP contribution in [-0.2, 0) is 16.7 Å². The van der Waals surface area contributed by atoms with E-state index in [4.69, 9.17) is 4.74 Å². The molecule has 1 aromatic heterocycles. The lowest BCUT2D eigenvalue weighted by atomic mass is 9.68. The van der Waals surface area contributed by atoms with Gasteiger partial charge in [0.05, 0.1) is 6.61 Å². The highest BCUT2D eigenvalue weighted by Crippen LogP contribution is 2.45. The number of benzene rings is 1. The van der Waals surface area contributed by atoms with E-state index >= 15 is 0 Å². The summed E-state index contributed by atoms with van der Waals surface area (Å²) in [6.07, 6.45) is 6.38. The molecule has 0 unspecified atom stereocenters. The Labute approximate surface area is 168 Å². The van der Waals surface area contributed by atoms with Crippen LogP contribution in [0.3, 0.4) is 0 Å². The van der Waals surface area contributed by atoms with E-state index in [1.54, 1.807) is 0 Å². The molecule has 2 aromatic rings. The maximum atomic E-state index is 5.62. The molecule has 4 nitrogen and oxygen atoms in total. The predicted molar refractivity (Wildman–Crippen MR) is 111 cm³/mol. The van der Waals surface area contributed by atoms with Gasteiger partial charge in [0.25, 0.3) is 0 Å². The van der Waals surface area contributed by atoms with Crippen molar-refractivity contribution >= 4 is 0 Å². The Kier molecular flexibility index (Phi) is 5.19. The standard InChI is InChI=1S/C24H31N3O/c1-2-6-22(7-3-1)24-9-11-26(15-21-8-12-28-18-21)16-23(24)17-27(19-24)14-20-5-4-10-25-13-20/h1-7,10,13,21,23H,8-9,11-12,14-19H2/t21-,23+,24-/m1/s1. The molecule has 3 saturated heterocycles. The van der Waals surface area contributed by atoms with Gasteiger partial charge in [-0.05, 0) is 48.4 Å². The molecule has 0 spiro atoms. The van der Waals surface area contributed by atoms with E-state index in [1.807, 2.05) is 12.4 Å². The lowest BCUT2D eigenvalue weighted by molar-refractivity contribution is 0.101. The summed E-state index contributed by atoms with van der Waals surface area (Å²) in [5.41, 5.74) is 3.16. The zero-order valence-electron chi connectivity index (χ0n) is 16.7. The number of pyridine rings is 1. The molecule has 0 radical (unpaired) electrons. The highest BCUT2D eigenvalue weighted by Gasteiger charge is 2.50. The number of hydrogen-bond donors (Lipinski definition) is 0. The first-order valence-corrected chi connectivity index (χ1v) is 10.8. The number of likely N-dealkylation sites (tertiary alicyclic amines) is 2. The summed E-state index contributed by atoms with van der Waals surface area (Å²) < 4.78 is 5.62. The Morgan fingerprint density at radius 3 is 2.75 bits per heavy atom. The molecule has 4 heteroatoms. The number of rotatable bonds is 5. The summed E-state index contributed by atoms with van der Waals surface area (Å²) >= 11 is 0. The van der Waals surface area contributed by atoms with Gasteiger partial charge < -0.3 is 9.64 Å². The summed E-state index contributed by atoms with van der Waals surface area (Å²) in [7, 11) is 0. The zero-order chi connectivity index (χ0) is 18.8. The molecule has 0 bridgehead atoms. The summed E-state index contributed by atoms with van der Waals surface area (Å²) in [6, 6.07) is 15.6. The summed E-state index contributed by atoms with van der Waals surface area (Å²) in [4.78, 5) is 9.70. The summed E-state index contributed by atoms with van der Waals surface area (Å²) in [5.74, 6) is 1.43. The number of ether oxygens (including phenoxy) is 1. The molecule has 0 saturated carbocycles. The van der Waals surface area contributed by atoms with Gasteiger partial charge in [0, 0.05) is 57.1 Å². The first-order valence-electron chi connectivity index (χ1n) is 10.8. The van der Waals surface area contributed by atoms with Crippen LogP contribution in [0.2, 0.25) is 0 Å². The van der Waals surface area contributed by atoms with Crippen molar-refractivity contribution in [2.24, 2.45) is 11.8 Å². The monoisotopic (exact) mass is 377 g/mol. The normalized spacial score (nSPS) is 31.1. The average Bonchev–Trinajstić information content (AvgIpc) is 3.37. The van der Waals surface area contributed by atoms with E-state index in [0.29, 0.717) is 11.3 Å². The van der Waals surface area contributed by atoms with Crippen molar-refractivity contribution < 1.29 is 4.74 Å². The molecule has 148 valence electrons. The molecular formula is C24H31N3O. The summed E-state index contributed by atoms with van der Waals surface area (Å²) in [6.45, 7) is 8.90. The van der Waals surface area contributed by atoms with Gasteiger partial charge >= 0.3 is 0 Å². The molecule has 3 fully saturated rings. The largest absolute Gasteiger partial charge is 0.381 e. The van der Waals surface area contributed by atoms with Gasteiger partial charge in [-0.3, -0.25) is 9.88 Å². The van der Waals surface area contributed by atoms with E-state index in [-0.39, 0.29) is 0 Å². The van der Waals surface area contributed by atoms with E-state index < -0.39 is 0 Å². The van der Waals surface area contributed by atoms with E-state index in [0.717, 1.165) is 32.2 Å². The van der Waals surface area contributed by atoms with Crippen molar-refractivity contribution in [1.82, 2.24) is 14.8 Å². The Bertz CT molecular complexity index is 762. The van der Waals surface area contributed by atoms with Crippen LogP contribution in [0.4, 0.5) is 0 Å². The fraction of sp³-hybridized carbons (Fsp3) is 0.542. The zero-order valence-corrected chi connectivity index (χ0v) is 16.7. The van der Waals surface area contributed by atoms with Gasteiger partial charge in [-0.1, -0.05) is 36.4 Å². The maximum absolute atomic E-state index is 5.62. The Morgan fingerprint density at radius 1 is 1.07 bits per heavy atom. The second-order valence-electron chi connectivity index (χ2n) is 8.99. The molecule has 0 aliphatic carbocycles. The average molecular weight is 378 g/mol. The minimum atomic E-state index is 0.298. The molecule has 5 rings (SSSR count). The molecule has 3 aliphatic rings. The Morgan fingerprint density at radius 2 is 1.96 bits per heavy atom. The van der Waals surface area contributed by atoms with Gasteiger partial charge in [0.15, 0.2) is 0 Å². The van der Waals surface area contributed by atoms with Crippen LogP contribution in [0, 0.1) is 11.8 Å². The molecule has 4 heterocycles. The third-order valence-corrected chi connectivity index (χ3v) is 7.14. The number of nitrogens with zero attached hydrogens (tertiary/aromatic N) is 3. The quantitative estimate of drug-likeness (QED) is 0.800. The topological polar surface area (TPSA) is 28.6 Å². The SMILES string of the molecule is c1ccc([C@]23CCN(C[C@H]4CCOC4)C[C@H]2CN(Cc2cccnc2)C3)cc1. The summed E-state index contributed by atoms with van der Waals surface area (Å²) in [5, 5.41) is 0. The first kappa shape index (κ1) is 18.3. The number of aromatic nitrogens is 1. The van der Waals surface area contributed by atoms with Gasteiger partial charge in [-0.2, -0.15) is 0 Å². The van der Waals surface area contributed by atoms with Crippen LogP contribution in [0.25, 0.3) is 0 Å². The molecule has 1 aromatic carbocycles. The van der Waals surface area contributed by atoms with E-state index in [9.17, 15) is 0 Å². The third kappa shape index (κ3) is 3.61. The minimum Gasteiger partial charge on any atom is -0.381 e. The fourth-order valence-electron chi connectivity index (χ4n) is 5.73. The van der Waals surface area contributed by atoms with E-state index in [1.165, 1.54) is 50.1 Å². The van der Waals surface area contributed by atoms with Crippen LogP contribution in [0.1, 0.15) is 24.0 Å². The first-order chi connectivity index (χ1) is 13.8. The molecule has 3 aliphatic heterocycles. The van der Waals surface area contributed by atoms with Crippen molar-refractivity contribution in [2.45, 2.75) is 24.8 Å². The Hall–Kier alpha value is -1.75. The molecule has 0 amide bonds.